The molecule has 3 aromatic rings. The largest absolute Gasteiger partial charge is 0.334 e. The maximum Gasteiger partial charge on any atom is 0.257 e. The SMILES string of the molecule is Cc1noc(-c2ccc3scnc3c2)n1. The minimum atomic E-state index is 0.544. The Bertz CT molecular complexity index is 614. The lowest BCUT2D eigenvalue weighted by atomic mass is 10.2. The van der Waals surface area contributed by atoms with E-state index in [0.29, 0.717) is 11.7 Å². The van der Waals surface area contributed by atoms with Crippen LogP contribution in [-0.2, 0) is 0 Å². The average molecular weight is 217 g/mol. The van der Waals surface area contributed by atoms with Gasteiger partial charge in [0.2, 0.25) is 0 Å². The van der Waals surface area contributed by atoms with Crippen LogP contribution in [0, 0.1) is 6.92 Å². The Hall–Kier alpha value is -1.75. The number of fused-ring (bicyclic) bond motifs is 1. The molecular weight excluding hydrogens is 210 g/mol. The zero-order valence-electron chi connectivity index (χ0n) is 7.97. The molecule has 74 valence electrons. The van der Waals surface area contributed by atoms with Crippen molar-refractivity contribution in [2.24, 2.45) is 0 Å². The standard InChI is InChI=1S/C10H7N3OS/c1-6-12-10(14-13-6)7-2-3-9-8(4-7)11-5-15-9/h2-5H,1H3. The van der Waals surface area contributed by atoms with E-state index in [1.807, 2.05) is 23.7 Å². The van der Waals surface area contributed by atoms with Gasteiger partial charge in [-0.05, 0) is 25.1 Å². The van der Waals surface area contributed by atoms with Gasteiger partial charge in [0.1, 0.15) is 0 Å². The highest BCUT2D eigenvalue weighted by molar-refractivity contribution is 7.16. The van der Waals surface area contributed by atoms with Crippen LogP contribution in [0.1, 0.15) is 5.82 Å². The molecule has 0 radical (unpaired) electrons. The molecule has 1 aromatic carbocycles. The van der Waals surface area contributed by atoms with Gasteiger partial charge in [-0.2, -0.15) is 4.98 Å². The first-order valence-electron chi connectivity index (χ1n) is 4.47. The van der Waals surface area contributed by atoms with Gasteiger partial charge < -0.3 is 4.52 Å². The molecule has 4 nitrogen and oxygen atoms in total. The Morgan fingerprint density at radius 2 is 2.27 bits per heavy atom. The monoisotopic (exact) mass is 217 g/mol. The Kier molecular flexibility index (Phi) is 1.78. The van der Waals surface area contributed by atoms with E-state index < -0.39 is 0 Å². The fourth-order valence-electron chi connectivity index (χ4n) is 1.41. The van der Waals surface area contributed by atoms with Crippen molar-refractivity contribution < 1.29 is 4.52 Å². The summed E-state index contributed by atoms with van der Waals surface area (Å²) in [6.07, 6.45) is 0. The Morgan fingerprint density at radius 3 is 3.07 bits per heavy atom. The lowest BCUT2D eigenvalue weighted by Crippen LogP contribution is -1.78. The predicted molar refractivity (Wildman–Crippen MR) is 57.6 cm³/mol. The van der Waals surface area contributed by atoms with Crippen molar-refractivity contribution in [3.63, 3.8) is 0 Å². The zero-order chi connectivity index (χ0) is 10.3. The van der Waals surface area contributed by atoms with Gasteiger partial charge in [0.15, 0.2) is 5.82 Å². The first kappa shape index (κ1) is 8.55. The number of hydrogen-bond donors (Lipinski definition) is 0. The summed E-state index contributed by atoms with van der Waals surface area (Å²) >= 11 is 1.62. The summed E-state index contributed by atoms with van der Waals surface area (Å²) in [5.41, 5.74) is 3.70. The molecule has 15 heavy (non-hydrogen) atoms. The molecule has 0 atom stereocenters. The average Bonchev–Trinajstić information content (AvgIpc) is 2.84. The van der Waals surface area contributed by atoms with E-state index in [1.165, 1.54) is 0 Å². The quantitative estimate of drug-likeness (QED) is 0.628. The van der Waals surface area contributed by atoms with E-state index in [1.54, 1.807) is 18.3 Å². The normalized spacial score (nSPS) is 11.0. The molecule has 0 N–H and O–H groups in total. The van der Waals surface area contributed by atoms with Gasteiger partial charge in [-0.3, -0.25) is 0 Å². The highest BCUT2D eigenvalue weighted by Crippen LogP contribution is 2.24. The van der Waals surface area contributed by atoms with Crippen molar-refractivity contribution in [3.05, 3.63) is 29.5 Å². The molecule has 0 spiro atoms. The molecule has 2 aromatic heterocycles. The minimum Gasteiger partial charge on any atom is -0.334 e. The van der Waals surface area contributed by atoms with Crippen LogP contribution in [0.25, 0.3) is 21.7 Å². The number of aromatic nitrogens is 3. The maximum atomic E-state index is 5.09. The van der Waals surface area contributed by atoms with Crippen molar-refractivity contribution in [2.75, 3.05) is 0 Å². The van der Waals surface area contributed by atoms with E-state index in [9.17, 15) is 0 Å². The van der Waals surface area contributed by atoms with Crippen molar-refractivity contribution in [3.8, 4) is 11.5 Å². The number of hydrogen-bond acceptors (Lipinski definition) is 5. The van der Waals surface area contributed by atoms with Gasteiger partial charge in [-0.1, -0.05) is 5.16 Å². The van der Waals surface area contributed by atoms with E-state index in [0.717, 1.165) is 15.8 Å². The highest BCUT2D eigenvalue weighted by atomic mass is 32.1. The Morgan fingerprint density at radius 1 is 1.33 bits per heavy atom. The number of nitrogens with zero attached hydrogens (tertiary/aromatic N) is 3. The fourth-order valence-corrected chi connectivity index (χ4v) is 2.06. The third kappa shape index (κ3) is 1.41. The van der Waals surface area contributed by atoms with Gasteiger partial charge in [0.05, 0.1) is 15.7 Å². The minimum absolute atomic E-state index is 0.544. The molecule has 2 heterocycles. The van der Waals surface area contributed by atoms with E-state index in [2.05, 4.69) is 15.1 Å². The summed E-state index contributed by atoms with van der Waals surface area (Å²) in [4.78, 5) is 8.41. The van der Waals surface area contributed by atoms with Crippen LogP contribution in [-0.4, -0.2) is 15.1 Å². The summed E-state index contributed by atoms with van der Waals surface area (Å²) in [6, 6.07) is 5.94. The van der Waals surface area contributed by atoms with Crippen LogP contribution in [0.5, 0.6) is 0 Å². The van der Waals surface area contributed by atoms with E-state index in [4.69, 9.17) is 4.52 Å². The second kappa shape index (κ2) is 3.13. The van der Waals surface area contributed by atoms with E-state index >= 15 is 0 Å². The highest BCUT2D eigenvalue weighted by Gasteiger charge is 2.07. The van der Waals surface area contributed by atoms with Crippen LogP contribution in [0.15, 0.2) is 28.2 Å². The van der Waals surface area contributed by atoms with E-state index in [-0.39, 0.29) is 0 Å². The zero-order valence-corrected chi connectivity index (χ0v) is 8.78. The second-order valence-electron chi connectivity index (χ2n) is 3.18. The summed E-state index contributed by atoms with van der Waals surface area (Å²) in [5, 5.41) is 3.76. The molecule has 0 saturated heterocycles. The lowest BCUT2D eigenvalue weighted by Gasteiger charge is -1.92. The van der Waals surface area contributed by atoms with Crippen LogP contribution in [0.3, 0.4) is 0 Å². The predicted octanol–water partition coefficient (Wildman–Crippen LogP) is 2.65. The summed E-state index contributed by atoms with van der Waals surface area (Å²) in [7, 11) is 0. The number of rotatable bonds is 1. The molecule has 0 unspecified atom stereocenters. The molecule has 0 aliphatic heterocycles. The molecule has 5 heteroatoms. The topological polar surface area (TPSA) is 51.8 Å². The summed E-state index contributed by atoms with van der Waals surface area (Å²) in [6.45, 7) is 1.80. The molecule has 0 fully saturated rings. The third-order valence-corrected chi connectivity index (χ3v) is 2.91. The lowest BCUT2D eigenvalue weighted by molar-refractivity contribution is 0.425. The third-order valence-electron chi connectivity index (χ3n) is 2.10. The molecule has 3 rings (SSSR count). The Labute approximate surface area is 89.6 Å². The maximum absolute atomic E-state index is 5.09. The van der Waals surface area contributed by atoms with Gasteiger partial charge in [-0.25, -0.2) is 4.98 Å². The van der Waals surface area contributed by atoms with Crippen LogP contribution in [0.4, 0.5) is 0 Å². The van der Waals surface area contributed by atoms with Gasteiger partial charge >= 0.3 is 0 Å². The molecule has 0 bridgehead atoms. The first-order valence-corrected chi connectivity index (χ1v) is 5.35. The number of benzene rings is 1. The molecular formula is C10H7N3OS. The smallest absolute Gasteiger partial charge is 0.257 e. The number of aryl methyl sites for hydroxylation is 1. The molecule has 0 saturated carbocycles. The van der Waals surface area contributed by atoms with Crippen LogP contribution < -0.4 is 0 Å². The first-order chi connectivity index (χ1) is 7.33. The van der Waals surface area contributed by atoms with Crippen molar-refractivity contribution in [1.82, 2.24) is 15.1 Å². The van der Waals surface area contributed by atoms with Gasteiger partial charge in [-0.15, -0.1) is 11.3 Å². The van der Waals surface area contributed by atoms with Gasteiger partial charge in [0, 0.05) is 5.56 Å². The van der Waals surface area contributed by atoms with Crippen molar-refractivity contribution >= 4 is 21.6 Å². The van der Waals surface area contributed by atoms with Crippen molar-refractivity contribution in [2.45, 2.75) is 6.92 Å². The summed E-state index contributed by atoms with van der Waals surface area (Å²) in [5.74, 6) is 1.19. The second-order valence-corrected chi connectivity index (χ2v) is 4.07. The van der Waals surface area contributed by atoms with Crippen molar-refractivity contribution in [1.29, 1.82) is 0 Å². The fraction of sp³-hybridized carbons (Fsp3) is 0.100. The number of thiazole rings is 1. The Balaban J connectivity index is 2.18. The summed E-state index contributed by atoms with van der Waals surface area (Å²) < 4.78 is 6.25. The van der Waals surface area contributed by atoms with Crippen LogP contribution in [0.2, 0.25) is 0 Å². The van der Waals surface area contributed by atoms with Crippen LogP contribution >= 0.6 is 11.3 Å². The molecule has 0 aliphatic rings. The molecule has 0 amide bonds. The molecule has 0 aliphatic carbocycles. The van der Waals surface area contributed by atoms with Gasteiger partial charge in [0.25, 0.3) is 5.89 Å².